The van der Waals surface area contributed by atoms with E-state index in [1.54, 1.807) is 6.92 Å². The Labute approximate surface area is 178 Å². The molecule has 1 heterocycles. The van der Waals surface area contributed by atoms with Crippen molar-refractivity contribution in [1.29, 1.82) is 5.26 Å². The third-order valence-corrected chi connectivity index (χ3v) is 6.00. The zero-order valence-electron chi connectivity index (χ0n) is 16.8. The van der Waals surface area contributed by atoms with Crippen LogP contribution in [0.2, 0.25) is 0 Å². The van der Waals surface area contributed by atoms with Crippen LogP contribution in [0.4, 0.5) is 5.00 Å². The van der Waals surface area contributed by atoms with Crippen molar-refractivity contribution in [3.05, 3.63) is 51.4 Å². The number of hydrogen-bond acceptors (Lipinski definition) is 7. The molecule has 0 aliphatic heterocycles. The first-order valence-electron chi connectivity index (χ1n) is 9.71. The Morgan fingerprint density at radius 3 is 2.60 bits per heavy atom. The average molecular weight is 426 g/mol. The van der Waals surface area contributed by atoms with Crippen LogP contribution in [0.5, 0.6) is 0 Å². The molecule has 1 aliphatic carbocycles. The van der Waals surface area contributed by atoms with Gasteiger partial charge in [0.2, 0.25) is 0 Å². The van der Waals surface area contributed by atoms with Crippen molar-refractivity contribution in [2.24, 2.45) is 5.92 Å². The average Bonchev–Trinajstić information content (AvgIpc) is 3.09. The molecule has 0 saturated heterocycles. The number of amides is 1. The van der Waals surface area contributed by atoms with E-state index < -0.39 is 24.5 Å². The molecule has 0 fully saturated rings. The minimum Gasteiger partial charge on any atom is -0.462 e. The summed E-state index contributed by atoms with van der Waals surface area (Å²) in [6.45, 7) is 3.66. The molecule has 7 nitrogen and oxygen atoms in total. The van der Waals surface area contributed by atoms with Gasteiger partial charge in [-0.3, -0.25) is 4.79 Å². The molecule has 3 rings (SSSR count). The van der Waals surface area contributed by atoms with Crippen LogP contribution in [0.25, 0.3) is 0 Å². The van der Waals surface area contributed by atoms with E-state index in [9.17, 15) is 14.4 Å². The van der Waals surface area contributed by atoms with Gasteiger partial charge in [-0.25, -0.2) is 9.59 Å². The number of ether oxygens (including phenoxy) is 2. The number of anilines is 1. The summed E-state index contributed by atoms with van der Waals surface area (Å²) in [5.74, 6) is -1.13. The van der Waals surface area contributed by atoms with Gasteiger partial charge in [-0.15, -0.1) is 11.3 Å². The molecule has 1 N–H and O–H groups in total. The van der Waals surface area contributed by atoms with Crippen LogP contribution in [0.15, 0.2) is 24.3 Å². The number of hydrogen-bond donors (Lipinski definition) is 1. The summed E-state index contributed by atoms with van der Waals surface area (Å²) in [4.78, 5) is 38.1. The molecule has 8 heteroatoms. The highest BCUT2D eigenvalue weighted by atomic mass is 32.1. The van der Waals surface area contributed by atoms with Gasteiger partial charge >= 0.3 is 11.9 Å². The van der Waals surface area contributed by atoms with Gasteiger partial charge in [0.1, 0.15) is 5.00 Å². The molecule has 0 radical (unpaired) electrons. The van der Waals surface area contributed by atoms with Crippen LogP contribution in [0, 0.1) is 17.2 Å². The second kappa shape index (κ2) is 9.55. The Hall–Kier alpha value is -3.18. The lowest BCUT2D eigenvalue weighted by Crippen LogP contribution is -2.22. The summed E-state index contributed by atoms with van der Waals surface area (Å²) in [5.41, 5.74) is 2.03. The summed E-state index contributed by atoms with van der Waals surface area (Å²) in [6.07, 6.45) is 2.60. The van der Waals surface area contributed by atoms with Gasteiger partial charge in [0.25, 0.3) is 5.91 Å². The van der Waals surface area contributed by atoms with Crippen molar-refractivity contribution in [2.75, 3.05) is 18.5 Å². The molecule has 30 heavy (non-hydrogen) atoms. The second-order valence-electron chi connectivity index (χ2n) is 7.09. The highest BCUT2D eigenvalue weighted by molar-refractivity contribution is 7.17. The van der Waals surface area contributed by atoms with Gasteiger partial charge in [0.15, 0.2) is 6.61 Å². The molecular weight excluding hydrogens is 404 g/mol. The monoisotopic (exact) mass is 426 g/mol. The number of rotatable bonds is 6. The predicted molar refractivity (Wildman–Crippen MR) is 112 cm³/mol. The van der Waals surface area contributed by atoms with E-state index in [2.05, 4.69) is 12.2 Å². The molecular formula is C22H22N2O5S. The van der Waals surface area contributed by atoms with Crippen molar-refractivity contribution >= 4 is 34.2 Å². The second-order valence-corrected chi connectivity index (χ2v) is 8.19. The fraction of sp³-hybridized carbons (Fsp3) is 0.364. The molecule has 0 saturated carbocycles. The number of thiophene rings is 1. The molecule has 1 atom stereocenters. The molecule has 1 aromatic heterocycles. The number of nitrogens with zero attached hydrogens (tertiary/aromatic N) is 1. The molecule has 1 aromatic carbocycles. The number of nitrogens with one attached hydrogen (secondary N) is 1. The first-order valence-corrected chi connectivity index (χ1v) is 10.5. The number of nitriles is 1. The van der Waals surface area contributed by atoms with Crippen LogP contribution in [0.1, 0.15) is 57.0 Å². The van der Waals surface area contributed by atoms with Gasteiger partial charge in [-0.1, -0.05) is 6.92 Å². The number of carbonyl (C=O) groups excluding carboxylic acids is 3. The minimum absolute atomic E-state index is 0.245. The topological polar surface area (TPSA) is 105 Å². The Morgan fingerprint density at radius 1 is 1.20 bits per heavy atom. The molecule has 156 valence electrons. The van der Waals surface area contributed by atoms with E-state index in [-0.39, 0.29) is 12.2 Å². The van der Waals surface area contributed by atoms with E-state index in [0.29, 0.717) is 22.0 Å². The van der Waals surface area contributed by atoms with Gasteiger partial charge in [0, 0.05) is 4.88 Å². The van der Waals surface area contributed by atoms with Crippen molar-refractivity contribution in [2.45, 2.75) is 33.1 Å². The van der Waals surface area contributed by atoms with E-state index in [0.717, 1.165) is 29.7 Å². The maximum absolute atomic E-state index is 12.5. The number of esters is 2. The lowest BCUT2D eigenvalue weighted by Gasteiger charge is -2.18. The molecule has 0 spiro atoms. The summed E-state index contributed by atoms with van der Waals surface area (Å²) in [7, 11) is 0. The first-order chi connectivity index (χ1) is 14.4. The lowest BCUT2D eigenvalue weighted by molar-refractivity contribution is -0.119. The maximum Gasteiger partial charge on any atom is 0.341 e. The molecule has 2 aromatic rings. The standard InChI is InChI=1S/C22H22N2O5S/c1-3-28-22(27)19-16-9-4-13(2)10-17(16)30-20(19)24-18(25)12-29-21(26)15-7-5-14(11-23)6-8-15/h5-8,13H,3-4,9-10,12H2,1-2H3,(H,24,25). The zero-order valence-corrected chi connectivity index (χ0v) is 17.6. The lowest BCUT2D eigenvalue weighted by atomic mass is 9.88. The van der Waals surface area contributed by atoms with Gasteiger partial charge in [-0.2, -0.15) is 5.26 Å². The SMILES string of the molecule is CCOC(=O)c1c(NC(=O)COC(=O)c2ccc(C#N)cc2)sc2c1CCC(C)C2. The highest BCUT2D eigenvalue weighted by Gasteiger charge is 2.29. The smallest absolute Gasteiger partial charge is 0.341 e. The van der Waals surface area contributed by atoms with Crippen LogP contribution >= 0.6 is 11.3 Å². The summed E-state index contributed by atoms with van der Waals surface area (Å²) >= 11 is 1.38. The first kappa shape index (κ1) is 21.5. The number of fused-ring (bicyclic) bond motifs is 1. The molecule has 0 bridgehead atoms. The fourth-order valence-electron chi connectivity index (χ4n) is 3.32. The third-order valence-electron chi connectivity index (χ3n) is 4.83. The molecule has 1 aliphatic rings. The van der Waals surface area contributed by atoms with E-state index in [1.807, 2.05) is 6.07 Å². The third kappa shape index (κ3) is 4.86. The normalized spacial score (nSPS) is 14.9. The Morgan fingerprint density at radius 2 is 1.93 bits per heavy atom. The Bertz CT molecular complexity index is 1000. The van der Waals surface area contributed by atoms with E-state index in [1.165, 1.54) is 35.6 Å². The van der Waals surface area contributed by atoms with E-state index in [4.69, 9.17) is 14.7 Å². The van der Waals surface area contributed by atoms with Crippen molar-refractivity contribution in [3.8, 4) is 6.07 Å². The van der Waals surface area contributed by atoms with E-state index >= 15 is 0 Å². The van der Waals surface area contributed by atoms with Crippen molar-refractivity contribution < 1.29 is 23.9 Å². The number of benzene rings is 1. The molecule has 1 amide bonds. The van der Waals surface area contributed by atoms with Crippen LogP contribution in [0.3, 0.4) is 0 Å². The van der Waals surface area contributed by atoms with Crippen molar-refractivity contribution in [3.63, 3.8) is 0 Å². The van der Waals surface area contributed by atoms with Gasteiger partial charge in [0.05, 0.1) is 29.4 Å². The summed E-state index contributed by atoms with van der Waals surface area (Å²) < 4.78 is 10.2. The summed E-state index contributed by atoms with van der Waals surface area (Å²) in [6, 6.07) is 7.89. The quantitative estimate of drug-likeness (QED) is 0.706. The highest BCUT2D eigenvalue weighted by Crippen LogP contribution is 2.40. The number of carbonyl (C=O) groups is 3. The van der Waals surface area contributed by atoms with Crippen LogP contribution in [-0.2, 0) is 27.1 Å². The largest absolute Gasteiger partial charge is 0.462 e. The Balaban J connectivity index is 1.69. The van der Waals surface area contributed by atoms with Gasteiger partial charge in [-0.05, 0) is 61.9 Å². The van der Waals surface area contributed by atoms with Crippen LogP contribution in [-0.4, -0.2) is 31.1 Å². The summed E-state index contributed by atoms with van der Waals surface area (Å²) in [5, 5.41) is 11.9. The zero-order chi connectivity index (χ0) is 21.7. The Kier molecular flexibility index (Phi) is 6.85. The fourth-order valence-corrected chi connectivity index (χ4v) is 4.73. The van der Waals surface area contributed by atoms with Crippen molar-refractivity contribution in [1.82, 2.24) is 0 Å². The predicted octanol–water partition coefficient (Wildman–Crippen LogP) is 3.72. The van der Waals surface area contributed by atoms with Crippen LogP contribution < -0.4 is 5.32 Å². The molecule has 1 unspecified atom stereocenters. The maximum atomic E-state index is 12.5. The van der Waals surface area contributed by atoms with Gasteiger partial charge < -0.3 is 14.8 Å². The minimum atomic E-state index is -0.667.